The molecule has 3 heterocycles. The first-order valence-electron chi connectivity index (χ1n) is 7.05. The van der Waals surface area contributed by atoms with Crippen LogP contribution in [0.25, 0.3) is 5.82 Å². The second-order valence-corrected chi connectivity index (χ2v) is 5.93. The summed E-state index contributed by atoms with van der Waals surface area (Å²) in [6.07, 6.45) is 3.34. The molecule has 118 valence electrons. The Morgan fingerprint density at radius 2 is 2.22 bits per heavy atom. The van der Waals surface area contributed by atoms with E-state index in [0.29, 0.717) is 12.4 Å². The van der Waals surface area contributed by atoms with Gasteiger partial charge in [0.2, 0.25) is 5.91 Å². The molecule has 0 fully saturated rings. The summed E-state index contributed by atoms with van der Waals surface area (Å²) in [4.78, 5) is 25.3. The smallest absolute Gasteiger partial charge is 0.267 e. The molecule has 3 aromatic heterocycles. The van der Waals surface area contributed by atoms with Gasteiger partial charge in [0.05, 0.1) is 6.54 Å². The maximum Gasteiger partial charge on any atom is 0.267 e. The molecule has 0 aliphatic rings. The third-order valence-corrected chi connectivity index (χ3v) is 4.19. The Balaban J connectivity index is 1.78. The van der Waals surface area contributed by atoms with E-state index in [1.165, 1.54) is 15.4 Å². The van der Waals surface area contributed by atoms with Crippen LogP contribution < -0.4 is 10.9 Å². The molecule has 7 nitrogen and oxygen atoms in total. The molecule has 3 aromatic rings. The van der Waals surface area contributed by atoms with E-state index in [9.17, 15) is 9.59 Å². The Bertz CT molecular complexity index is 839. The molecule has 1 atom stereocenters. The number of rotatable bonds is 5. The summed E-state index contributed by atoms with van der Waals surface area (Å²) in [5, 5.41) is 13.1. The lowest BCUT2D eigenvalue weighted by atomic mass is 10.3. The summed E-state index contributed by atoms with van der Waals surface area (Å²) < 4.78 is 2.70. The lowest BCUT2D eigenvalue weighted by molar-refractivity contribution is -0.124. The van der Waals surface area contributed by atoms with Crippen molar-refractivity contribution in [1.29, 1.82) is 0 Å². The van der Waals surface area contributed by atoms with Crippen LogP contribution >= 0.6 is 11.3 Å². The quantitative estimate of drug-likeness (QED) is 0.766. The molecule has 0 aliphatic carbocycles. The molecule has 0 saturated carbocycles. The number of hydrogen-bond acceptors (Lipinski definition) is 5. The van der Waals surface area contributed by atoms with Gasteiger partial charge in [-0.1, -0.05) is 6.07 Å². The third-order valence-electron chi connectivity index (χ3n) is 3.31. The number of hydrogen-bond donors (Lipinski definition) is 1. The van der Waals surface area contributed by atoms with Gasteiger partial charge in [-0.3, -0.25) is 9.59 Å². The van der Waals surface area contributed by atoms with Crippen molar-refractivity contribution in [2.45, 2.75) is 19.5 Å². The minimum atomic E-state index is -0.710. The Hall–Kier alpha value is -2.74. The molecule has 0 spiro atoms. The van der Waals surface area contributed by atoms with Crippen LogP contribution in [0.5, 0.6) is 0 Å². The van der Waals surface area contributed by atoms with Gasteiger partial charge in [0.1, 0.15) is 6.04 Å². The van der Waals surface area contributed by atoms with Crippen molar-refractivity contribution in [2.24, 2.45) is 0 Å². The maximum absolute atomic E-state index is 12.3. The van der Waals surface area contributed by atoms with Crippen molar-refractivity contribution in [1.82, 2.24) is 24.9 Å². The third kappa shape index (κ3) is 3.37. The minimum absolute atomic E-state index is 0.259. The van der Waals surface area contributed by atoms with Gasteiger partial charge in [-0.2, -0.15) is 5.10 Å². The van der Waals surface area contributed by atoms with Gasteiger partial charge in [0, 0.05) is 23.3 Å². The van der Waals surface area contributed by atoms with Gasteiger partial charge in [-0.15, -0.1) is 16.4 Å². The van der Waals surface area contributed by atoms with Crippen LogP contribution in [0.1, 0.15) is 17.8 Å². The zero-order chi connectivity index (χ0) is 16.2. The Morgan fingerprint density at radius 3 is 2.91 bits per heavy atom. The molecule has 23 heavy (non-hydrogen) atoms. The van der Waals surface area contributed by atoms with Crippen LogP contribution in [0, 0.1) is 0 Å². The molecule has 3 rings (SSSR count). The molecular formula is C15H15N5O2S. The predicted octanol–water partition coefficient (Wildman–Crippen LogP) is 1.37. The number of aromatic nitrogens is 4. The first-order valence-corrected chi connectivity index (χ1v) is 7.93. The number of carbonyl (C=O) groups is 1. The fourth-order valence-electron chi connectivity index (χ4n) is 2.07. The van der Waals surface area contributed by atoms with Gasteiger partial charge in [-0.05, 0) is 30.5 Å². The minimum Gasteiger partial charge on any atom is -0.349 e. The van der Waals surface area contributed by atoms with E-state index in [1.54, 1.807) is 42.8 Å². The predicted molar refractivity (Wildman–Crippen MR) is 86.5 cm³/mol. The highest BCUT2D eigenvalue weighted by atomic mass is 32.1. The standard InChI is InChI=1S/C15H15N5O2S/c1-11(15(22)16-10-12-4-2-9-23-12)20-14(21)6-5-13(18-20)19-8-3-7-17-19/h2-9,11H,10H2,1H3,(H,16,22). The molecular weight excluding hydrogens is 314 g/mol. The van der Waals surface area contributed by atoms with Crippen LogP contribution in [-0.4, -0.2) is 25.5 Å². The van der Waals surface area contributed by atoms with E-state index >= 15 is 0 Å². The summed E-state index contributed by atoms with van der Waals surface area (Å²) in [5.41, 5.74) is -0.334. The average molecular weight is 329 g/mol. The number of amides is 1. The fourth-order valence-corrected chi connectivity index (χ4v) is 2.71. The summed E-state index contributed by atoms with van der Waals surface area (Å²) in [5.74, 6) is 0.220. The average Bonchev–Trinajstić information content (AvgIpc) is 3.25. The first kappa shape index (κ1) is 15.2. The molecule has 0 aromatic carbocycles. The van der Waals surface area contributed by atoms with E-state index in [0.717, 1.165) is 4.88 Å². The van der Waals surface area contributed by atoms with E-state index < -0.39 is 6.04 Å². The molecule has 0 radical (unpaired) electrons. The van der Waals surface area contributed by atoms with Crippen LogP contribution in [0.4, 0.5) is 0 Å². The molecule has 0 aliphatic heterocycles. The van der Waals surface area contributed by atoms with Crippen molar-refractivity contribution in [3.05, 3.63) is 63.3 Å². The van der Waals surface area contributed by atoms with Crippen LogP contribution in [0.3, 0.4) is 0 Å². The molecule has 1 N–H and O–H groups in total. The van der Waals surface area contributed by atoms with Crippen molar-refractivity contribution in [3.63, 3.8) is 0 Å². The van der Waals surface area contributed by atoms with Crippen LogP contribution in [-0.2, 0) is 11.3 Å². The van der Waals surface area contributed by atoms with Crippen molar-refractivity contribution >= 4 is 17.2 Å². The van der Waals surface area contributed by atoms with Crippen molar-refractivity contribution in [2.75, 3.05) is 0 Å². The molecule has 0 saturated heterocycles. The van der Waals surface area contributed by atoms with Gasteiger partial charge < -0.3 is 5.32 Å². The van der Waals surface area contributed by atoms with E-state index in [1.807, 2.05) is 17.5 Å². The zero-order valence-corrected chi connectivity index (χ0v) is 13.2. The summed E-state index contributed by atoms with van der Waals surface area (Å²) in [6.45, 7) is 2.08. The summed E-state index contributed by atoms with van der Waals surface area (Å²) >= 11 is 1.57. The number of nitrogens with one attached hydrogen (secondary N) is 1. The monoisotopic (exact) mass is 329 g/mol. The first-order chi connectivity index (χ1) is 11.1. The Kier molecular flexibility index (Phi) is 4.33. The number of carbonyl (C=O) groups excluding carboxylic acids is 1. The van der Waals surface area contributed by atoms with Gasteiger partial charge >= 0.3 is 0 Å². The molecule has 8 heteroatoms. The highest BCUT2D eigenvalue weighted by Crippen LogP contribution is 2.09. The maximum atomic E-state index is 12.3. The number of nitrogens with zero attached hydrogens (tertiary/aromatic N) is 4. The molecule has 0 bridgehead atoms. The topological polar surface area (TPSA) is 81.8 Å². The SMILES string of the molecule is CC(C(=O)NCc1cccs1)n1nc(-n2cccn2)ccc1=O. The highest BCUT2D eigenvalue weighted by Gasteiger charge is 2.18. The summed E-state index contributed by atoms with van der Waals surface area (Å²) in [6, 6.07) is 7.87. The lowest BCUT2D eigenvalue weighted by Gasteiger charge is -2.14. The van der Waals surface area contributed by atoms with Crippen molar-refractivity contribution < 1.29 is 4.79 Å². The van der Waals surface area contributed by atoms with Crippen LogP contribution in [0.2, 0.25) is 0 Å². The van der Waals surface area contributed by atoms with Crippen LogP contribution in [0.15, 0.2) is 52.9 Å². The fraction of sp³-hybridized carbons (Fsp3) is 0.200. The van der Waals surface area contributed by atoms with Gasteiger partial charge in [-0.25, -0.2) is 9.36 Å². The van der Waals surface area contributed by atoms with E-state index in [-0.39, 0.29) is 11.5 Å². The Morgan fingerprint density at radius 1 is 1.35 bits per heavy atom. The van der Waals surface area contributed by atoms with E-state index in [4.69, 9.17) is 0 Å². The second-order valence-electron chi connectivity index (χ2n) is 4.90. The van der Waals surface area contributed by atoms with Crippen molar-refractivity contribution in [3.8, 4) is 5.82 Å². The van der Waals surface area contributed by atoms with Gasteiger partial charge in [0.25, 0.3) is 5.56 Å². The van der Waals surface area contributed by atoms with Gasteiger partial charge in [0.15, 0.2) is 5.82 Å². The van der Waals surface area contributed by atoms with E-state index in [2.05, 4.69) is 15.5 Å². The zero-order valence-electron chi connectivity index (χ0n) is 12.4. The lowest BCUT2D eigenvalue weighted by Crippen LogP contribution is -2.36. The Labute approximate surface area is 136 Å². The number of thiophene rings is 1. The highest BCUT2D eigenvalue weighted by molar-refractivity contribution is 7.09. The summed E-state index contributed by atoms with van der Waals surface area (Å²) in [7, 11) is 0. The molecule has 1 amide bonds. The second kappa shape index (κ2) is 6.57. The molecule has 1 unspecified atom stereocenters. The normalized spacial score (nSPS) is 12.0. The largest absolute Gasteiger partial charge is 0.349 e.